The molecule has 2 N–H and O–H groups in total. The summed E-state index contributed by atoms with van der Waals surface area (Å²) in [5.74, 6) is 0. The molecule has 2 rings (SSSR count). The normalized spacial score (nSPS) is 11.5. The van der Waals surface area contributed by atoms with Gasteiger partial charge in [0, 0.05) is 24.0 Å². The summed E-state index contributed by atoms with van der Waals surface area (Å²) in [6, 6.07) is 8.31. The standard InChI is InChI=1S/C12H8N4O2S/c13-6-9(8-2-1-5-15-7-8)12(14)10-3-4-11(19-10)16(17)18/h1-5,7H,14H2/b12-9-. The molecule has 0 amide bonds. The van der Waals surface area contributed by atoms with Crippen LogP contribution < -0.4 is 5.73 Å². The zero-order chi connectivity index (χ0) is 13.8. The van der Waals surface area contributed by atoms with E-state index in [1.807, 2.05) is 6.07 Å². The van der Waals surface area contributed by atoms with E-state index in [0.717, 1.165) is 11.3 Å². The summed E-state index contributed by atoms with van der Waals surface area (Å²) in [4.78, 5) is 14.6. The van der Waals surface area contributed by atoms with Crippen molar-refractivity contribution in [2.45, 2.75) is 0 Å². The van der Waals surface area contributed by atoms with Gasteiger partial charge in [-0.05, 0) is 12.1 Å². The number of allylic oxidation sites excluding steroid dienone is 1. The van der Waals surface area contributed by atoms with Crippen molar-refractivity contribution in [1.82, 2.24) is 4.98 Å². The molecule has 19 heavy (non-hydrogen) atoms. The Hall–Kier alpha value is -2.72. The van der Waals surface area contributed by atoms with E-state index in [-0.39, 0.29) is 16.3 Å². The maximum absolute atomic E-state index is 10.6. The van der Waals surface area contributed by atoms with Crippen LogP contribution in [0, 0.1) is 21.4 Å². The molecule has 0 saturated carbocycles. The van der Waals surface area contributed by atoms with Gasteiger partial charge in [0.1, 0.15) is 6.07 Å². The molecular weight excluding hydrogens is 264 g/mol. The predicted molar refractivity (Wildman–Crippen MR) is 71.8 cm³/mol. The average molecular weight is 272 g/mol. The Kier molecular flexibility index (Phi) is 3.54. The molecule has 7 heteroatoms. The van der Waals surface area contributed by atoms with Gasteiger partial charge < -0.3 is 5.73 Å². The maximum atomic E-state index is 10.6. The SMILES string of the molecule is N#C/C(=C(/N)c1ccc([N+](=O)[O-])s1)c1cccnc1. The first kappa shape index (κ1) is 12.7. The van der Waals surface area contributed by atoms with Crippen LogP contribution in [0.1, 0.15) is 10.4 Å². The molecule has 0 aliphatic carbocycles. The van der Waals surface area contributed by atoms with Crippen LogP contribution in [0.3, 0.4) is 0 Å². The predicted octanol–water partition coefficient (Wildman–Crippen LogP) is 2.40. The Balaban J connectivity index is 2.49. The summed E-state index contributed by atoms with van der Waals surface area (Å²) in [6.07, 6.45) is 3.11. The van der Waals surface area contributed by atoms with Gasteiger partial charge in [-0.2, -0.15) is 5.26 Å². The third-order valence-electron chi connectivity index (χ3n) is 2.37. The Morgan fingerprint density at radius 2 is 2.26 bits per heavy atom. The molecule has 0 unspecified atom stereocenters. The van der Waals surface area contributed by atoms with E-state index in [9.17, 15) is 15.4 Å². The lowest BCUT2D eigenvalue weighted by Gasteiger charge is -2.02. The lowest BCUT2D eigenvalue weighted by molar-refractivity contribution is -0.380. The number of hydrogen-bond donors (Lipinski definition) is 1. The maximum Gasteiger partial charge on any atom is 0.324 e. The zero-order valence-electron chi connectivity index (χ0n) is 9.61. The Bertz CT molecular complexity index is 685. The zero-order valence-corrected chi connectivity index (χ0v) is 10.4. The summed E-state index contributed by atoms with van der Waals surface area (Å²) in [5.41, 5.74) is 6.97. The van der Waals surface area contributed by atoms with Crippen molar-refractivity contribution in [3.05, 3.63) is 57.2 Å². The van der Waals surface area contributed by atoms with Crippen LogP contribution in [0.2, 0.25) is 0 Å². The fourth-order valence-corrected chi connectivity index (χ4v) is 2.27. The number of thiophene rings is 1. The number of nitro groups is 1. The fraction of sp³-hybridized carbons (Fsp3) is 0. The number of pyridine rings is 1. The number of rotatable bonds is 3. The van der Waals surface area contributed by atoms with Crippen LogP contribution in [0.15, 0.2) is 36.7 Å². The van der Waals surface area contributed by atoms with Crippen LogP contribution in [0.5, 0.6) is 0 Å². The Morgan fingerprint density at radius 1 is 1.47 bits per heavy atom. The molecule has 0 aliphatic heterocycles. The van der Waals surface area contributed by atoms with Gasteiger partial charge in [-0.1, -0.05) is 17.4 Å². The molecule has 0 aromatic carbocycles. The van der Waals surface area contributed by atoms with E-state index >= 15 is 0 Å². The molecule has 0 radical (unpaired) electrons. The quantitative estimate of drug-likeness (QED) is 0.524. The minimum absolute atomic E-state index is 0.0126. The van der Waals surface area contributed by atoms with Gasteiger partial charge in [0.05, 0.1) is 21.1 Å². The summed E-state index contributed by atoms with van der Waals surface area (Å²) in [6.45, 7) is 0. The molecule has 6 nitrogen and oxygen atoms in total. The summed E-state index contributed by atoms with van der Waals surface area (Å²) >= 11 is 0.934. The Labute approximate surface area is 112 Å². The van der Waals surface area contributed by atoms with Crippen molar-refractivity contribution in [2.75, 3.05) is 0 Å². The Morgan fingerprint density at radius 3 is 2.79 bits per heavy atom. The van der Waals surface area contributed by atoms with Crippen molar-refractivity contribution in [3.8, 4) is 6.07 Å². The highest BCUT2D eigenvalue weighted by Crippen LogP contribution is 2.30. The molecule has 0 saturated heterocycles. The molecular formula is C12H8N4O2S. The summed E-state index contributed by atoms with van der Waals surface area (Å²) < 4.78 is 0. The monoisotopic (exact) mass is 272 g/mol. The van der Waals surface area contributed by atoms with Gasteiger partial charge in [0.15, 0.2) is 0 Å². The smallest absolute Gasteiger partial charge is 0.324 e. The van der Waals surface area contributed by atoms with Crippen molar-refractivity contribution in [2.24, 2.45) is 5.73 Å². The lowest BCUT2D eigenvalue weighted by Crippen LogP contribution is -1.98. The van der Waals surface area contributed by atoms with Gasteiger partial charge in [-0.3, -0.25) is 15.1 Å². The van der Waals surface area contributed by atoms with Crippen molar-refractivity contribution < 1.29 is 4.92 Å². The first-order valence-corrected chi connectivity index (χ1v) is 6.00. The fourth-order valence-electron chi connectivity index (χ4n) is 1.48. The van der Waals surface area contributed by atoms with E-state index < -0.39 is 4.92 Å². The molecule has 2 aromatic rings. The number of nitriles is 1. The second-order valence-electron chi connectivity index (χ2n) is 3.54. The van der Waals surface area contributed by atoms with E-state index in [1.165, 1.54) is 18.3 Å². The number of nitrogens with two attached hydrogens (primary N) is 1. The largest absolute Gasteiger partial charge is 0.396 e. The molecule has 0 spiro atoms. The van der Waals surface area contributed by atoms with Crippen LogP contribution in [-0.4, -0.2) is 9.91 Å². The van der Waals surface area contributed by atoms with Gasteiger partial charge in [0.2, 0.25) is 0 Å². The summed E-state index contributed by atoms with van der Waals surface area (Å²) in [7, 11) is 0. The minimum atomic E-state index is -0.489. The average Bonchev–Trinajstić information content (AvgIpc) is 2.90. The van der Waals surface area contributed by atoms with Crippen molar-refractivity contribution >= 4 is 27.6 Å². The van der Waals surface area contributed by atoms with E-state index in [0.29, 0.717) is 10.4 Å². The first-order valence-electron chi connectivity index (χ1n) is 5.18. The van der Waals surface area contributed by atoms with Crippen LogP contribution in [0.25, 0.3) is 11.3 Å². The highest BCUT2D eigenvalue weighted by molar-refractivity contribution is 7.16. The van der Waals surface area contributed by atoms with Crippen LogP contribution in [0.4, 0.5) is 5.00 Å². The molecule has 0 fully saturated rings. The lowest BCUT2D eigenvalue weighted by atomic mass is 10.1. The highest BCUT2D eigenvalue weighted by atomic mass is 32.1. The molecule has 0 aliphatic rings. The number of aromatic nitrogens is 1. The number of hydrogen-bond acceptors (Lipinski definition) is 6. The molecule has 0 bridgehead atoms. The number of nitrogens with zero attached hydrogens (tertiary/aromatic N) is 3. The summed E-state index contributed by atoms with van der Waals surface area (Å²) in [5, 5.41) is 19.8. The van der Waals surface area contributed by atoms with Crippen molar-refractivity contribution in [3.63, 3.8) is 0 Å². The van der Waals surface area contributed by atoms with Crippen LogP contribution >= 0.6 is 11.3 Å². The topological polar surface area (TPSA) is 106 Å². The first-order chi connectivity index (χ1) is 9.13. The van der Waals surface area contributed by atoms with E-state index in [2.05, 4.69) is 4.98 Å². The van der Waals surface area contributed by atoms with Gasteiger partial charge in [-0.15, -0.1) is 0 Å². The molecule has 0 atom stereocenters. The second-order valence-corrected chi connectivity index (χ2v) is 4.60. The van der Waals surface area contributed by atoms with Gasteiger partial charge in [0.25, 0.3) is 0 Å². The van der Waals surface area contributed by atoms with E-state index in [1.54, 1.807) is 18.3 Å². The molecule has 2 aromatic heterocycles. The second kappa shape index (κ2) is 5.29. The minimum Gasteiger partial charge on any atom is -0.396 e. The molecule has 2 heterocycles. The van der Waals surface area contributed by atoms with Crippen LogP contribution in [-0.2, 0) is 0 Å². The highest BCUT2D eigenvalue weighted by Gasteiger charge is 2.15. The third kappa shape index (κ3) is 2.59. The van der Waals surface area contributed by atoms with Crippen molar-refractivity contribution in [1.29, 1.82) is 5.26 Å². The molecule has 94 valence electrons. The third-order valence-corrected chi connectivity index (χ3v) is 3.44. The van der Waals surface area contributed by atoms with Gasteiger partial charge >= 0.3 is 5.00 Å². The van der Waals surface area contributed by atoms with E-state index in [4.69, 9.17) is 5.73 Å². The van der Waals surface area contributed by atoms with Gasteiger partial charge in [-0.25, -0.2) is 0 Å².